The average molecular weight is 493 g/mol. The molecule has 3 aliphatic carbocycles. The van der Waals surface area contributed by atoms with E-state index in [4.69, 9.17) is 4.74 Å². The first-order chi connectivity index (χ1) is 17.5. The molecule has 0 spiro atoms. The van der Waals surface area contributed by atoms with Crippen LogP contribution in [0.15, 0.2) is 48.3 Å². The van der Waals surface area contributed by atoms with Gasteiger partial charge in [0.2, 0.25) is 11.8 Å². The number of fused-ring (bicyclic) bond motifs is 2. The molecular weight excluding hydrogens is 466 g/mol. The lowest BCUT2D eigenvalue weighted by Crippen LogP contribution is -2.50. The molecular formula is C26H26F2N6O2. The number of halogens is 2. The molecule has 3 saturated carbocycles. The fourth-order valence-corrected chi connectivity index (χ4v) is 5.72. The number of benzene rings is 1. The number of nitrogens with zero attached hydrogens (tertiary/aromatic N) is 6. The maximum atomic E-state index is 14.7. The Balaban J connectivity index is 1.12. The highest BCUT2D eigenvalue weighted by Crippen LogP contribution is 2.53. The van der Waals surface area contributed by atoms with Crippen LogP contribution < -0.4 is 4.74 Å². The monoisotopic (exact) mass is 492 g/mol. The summed E-state index contributed by atoms with van der Waals surface area (Å²) < 4.78 is 36.6. The predicted molar refractivity (Wildman–Crippen MR) is 126 cm³/mol. The number of carbonyl (C=O) groups is 1. The van der Waals surface area contributed by atoms with Crippen molar-refractivity contribution in [3.8, 4) is 11.7 Å². The summed E-state index contributed by atoms with van der Waals surface area (Å²) in [6.07, 6.45) is 12.9. The summed E-state index contributed by atoms with van der Waals surface area (Å²) in [6, 6.07) is 1.76. The summed E-state index contributed by atoms with van der Waals surface area (Å²) in [6.45, 7) is 1.97. The number of hydrogen-bond donors (Lipinski definition) is 0. The van der Waals surface area contributed by atoms with Crippen LogP contribution in [0.25, 0.3) is 5.82 Å². The Morgan fingerprint density at radius 3 is 2.72 bits per heavy atom. The second-order valence-corrected chi connectivity index (χ2v) is 9.94. The van der Waals surface area contributed by atoms with Gasteiger partial charge in [0.1, 0.15) is 18.0 Å². The lowest BCUT2D eigenvalue weighted by atomic mass is 9.55. The number of aryl methyl sites for hydroxylation is 1. The summed E-state index contributed by atoms with van der Waals surface area (Å²) in [5, 5.41) is 5.64. The first-order valence-corrected chi connectivity index (χ1v) is 12.2. The Morgan fingerprint density at radius 1 is 1.11 bits per heavy atom. The fourth-order valence-electron chi connectivity index (χ4n) is 5.72. The zero-order valence-electron chi connectivity index (χ0n) is 19.8. The number of imidazole rings is 1. The van der Waals surface area contributed by atoms with Crippen molar-refractivity contribution in [2.45, 2.75) is 38.6 Å². The standard InChI is InChI=1S/C26H26F2N6O2/c1-15-6-22(28)20(10-21(15)27)23-2-3-32-34(23)26(35)19-9-18(16-7-17(19)8-16)13-36-25-12-30-24(11-31-25)33-5-4-29-14-33/h3-6,10-12,14,16-19,23H,2,7-9,13H2,1H3/t16?,17?,18-,19-,23?/m0/s1. The average Bonchev–Trinajstić information content (AvgIpc) is 3.57. The van der Waals surface area contributed by atoms with Crippen LogP contribution in [0.1, 0.15) is 42.9 Å². The molecule has 1 amide bonds. The van der Waals surface area contributed by atoms with Gasteiger partial charge in [-0.15, -0.1) is 0 Å². The van der Waals surface area contributed by atoms with Crippen molar-refractivity contribution in [1.29, 1.82) is 0 Å². The van der Waals surface area contributed by atoms with Gasteiger partial charge >= 0.3 is 0 Å². The molecule has 0 saturated heterocycles. The highest BCUT2D eigenvalue weighted by atomic mass is 19.1. The zero-order chi connectivity index (χ0) is 24.8. The molecule has 186 valence electrons. The van der Waals surface area contributed by atoms with E-state index in [1.165, 1.54) is 24.1 Å². The van der Waals surface area contributed by atoms with E-state index in [0.717, 1.165) is 12.8 Å². The summed E-state index contributed by atoms with van der Waals surface area (Å²) in [5.74, 6) is 0.770. The van der Waals surface area contributed by atoms with E-state index in [9.17, 15) is 13.6 Å². The maximum absolute atomic E-state index is 14.7. The van der Waals surface area contributed by atoms with Crippen LogP contribution in [0.2, 0.25) is 0 Å². The molecule has 1 unspecified atom stereocenters. The third kappa shape index (κ3) is 4.04. The molecule has 3 aromatic rings. The quantitative estimate of drug-likeness (QED) is 0.514. The Hall–Kier alpha value is -3.69. The van der Waals surface area contributed by atoms with Crippen molar-refractivity contribution in [3.05, 3.63) is 66.0 Å². The molecule has 0 N–H and O–H groups in total. The molecule has 2 bridgehead atoms. The first kappa shape index (κ1) is 22.8. The van der Waals surface area contributed by atoms with Gasteiger partial charge in [0.25, 0.3) is 0 Å². The molecule has 3 fully saturated rings. The minimum absolute atomic E-state index is 0.119. The SMILES string of the molecule is Cc1cc(F)c(C2CC=NN2C(=O)[C@H]2C[C@@H](COc3cnc(-n4ccnc4)cn3)C3CC2C3)cc1F. The molecule has 0 radical (unpaired) electrons. The van der Waals surface area contributed by atoms with Gasteiger partial charge in [0, 0.05) is 36.5 Å². The van der Waals surface area contributed by atoms with Crippen molar-refractivity contribution >= 4 is 12.1 Å². The molecule has 3 atom stereocenters. The minimum atomic E-state index is -0.621. The third-order valence-electron chi connectivity index (χ3n) is 7.84. The number of aromatic nitrogens is 4. The van der Waals surface area contributed by atoms with Gasteiger partial charge in [0.05, 0.1) is 25.0 Å². The third-order valence-corrected chi connectivity index (χ3v) is 7.84. The van der Waals surface area contributed by atoms with Crippen LogP contribution in [0.3, 0.4) is 0 Å². The van der Waals surface area contributed by atoms with Gasteiger partial charge in [-0.1, -0.05) is 0 Å². The Labute approximate surface area is 207 Å². The molecule has 1 aliphatic heterocycles. The van der Waals surface area contributed by atoms with Crippen molar-refractivity contribution < 1.29 is 18.3 Å². The van der Waals surface area contributed by atoms with Gasteiger partial charge in [-0.3, -0.25) is 9.36 Å². The number of ether oxygens (including phenoxy) is 1. The lowest BCUT2D eigenvalue weighted by Gasteiger charge is -2.51. The highest BCUT2D eigenvalue weighted by Gasteiger charge is 2.50. The highest BCUT2D eigenvalue weighted by molar-refractivity contribution is 5.82. The zero-order valence-corrected chi connectivity index (χ0v) is 19.8. The first-order valence-electron chi connectivity index (χ1n) is 12.2. The van der Waals surface area contributed by atoms with Gasteiger partial charge < -0.3 is 4.74 Å². The van der Waals surface area contributed by atoms with Crippen LogP contribution in [0.4, 0.5) is 8.78 Å². The number of carbonyl (C=O) groups excluding carboxylic acids is 1. The molecule has 7 rings (SSSR count). The summed E-state index contributed by atoms with van der Waals surface area (Å²) in [4.78, 5) is 26.3. The van der Waals surface area contributed by atoms with Crippen LogP contribution >= 0.6 is 0 Å². The molecule has 4 aliphatic rings. The number of rotatable bonds is 6. The molecule has 10 heteroatoms. The summed E-state index contributed by atoms with van der Waals surface area (Å²) in [7, 11) is 0. The van der Waals surface area contributed by atoms with Gasteiger partial charge in [-0.25, -0.2) is 28.7 Å². The fraction of sp³-hybridized carbons (Fsp3) is 0.423. The maximum Gasteiger partial charge on any atom is 0.246 e. The van der Waals surface area contributed by atoms with Gasteiger partial charge in [-0.05, 0) is 61.6 Å². The minimum Gasteiger partial charge on any atom is -0.476 e. The van der Waals surface area contributed by atoms with Crippen LogP contribution in [-0.2, 0) is 4.79 Å². The van der Waals surface area contributed by atoms with E-state index in [1.807, 2.05) is 0 Å². The lowest BCUT2D eigenvalue weighted by molar-refractivity contribution is -0.148. The smallest absolute Gasteiger partial charge is 0.246 e. The largest absolute Gasteiger partial charge is 0.476 e. The Bertz CT molecular complexity index is 1290. The second-order valence-electron chi connectivity index (χ2n) is 9.94. The van der Waals surface area contributed by atoms with Gasteiger partial charge in [0.15, 0.2) is 5.82 Å². The summed E-state index contributed by atoms with van der Waals surface area (Å²) in [5.41, 5.74) is 0.411. The van der Waals surface area contributed by atoms with E-state index in [0.29, 0.717) is 43.0 Å². The normalized spacial score (nSPS) is 26.6. The molecule has 1 aromatic carbocycles. The van der Waals surface area contributed by atoms with Crippen LogP contribution in [0.5, 0.6) is 5.88 Å². The molecule has 36 heavy (non-hydrogen) atoms. The van der Waals surface area contributed by atoms with Crippen molar-refractivity contribution in [2.24, 2.45) is 28.8 Å². The van der Waals surface area contributed by atoms with Gasteiger partial charge in [-0.2, -0.15) is 5.10 Å². The topological polar surface area (TPSA) is 85.5 Å². The predicted octanol–water partition coefficient (Wildman–Crippen LogP) is 4.25. The van der Waals surface area contributed by atoms with E-state index in [-0.39, 0.29) is 28.9 Å². The van der Waals surface area contributed by atoms with E-state index in [1.54, 1.807) is 41.9 Å². The molecule has 8 nitrogen and oxygen atoms in total. The number of amides is 1. The second kappa shape index (κ2) is 9.07. The molecule has 3 heterocycles. The van der Waals surface area contributed by atoms with E-state index >= 15 is 0 Å². The van der Waals surface area contributed by atoms with Crippen molar-refractivity contribution in [3.63, 3.8) is 0 Å². The van der Waals surface area contributed by atoms with Crippen LogP contribution in [0, 0.1) is 42.2 Å². The van der Waals surface area contributed by atoms with E-state index in [2.05, 4.69) is 20.1 Å². The number of hydrogen-bond acceptors (Lipinski definition) is 6. The van der Waals surface area contributed by atoms with Crippen LogP contribution in [-0.4, -0.2) is 43.3 Å². The Morgan fingerprint density at radius 2 is 1.97 bits per heavy atom. The van der Waals surface area contributed by atoms with E-state index < -0.39 is 17.7 Å². The number of hydrazone groups is 1. The van der Waals surface area contributed by atoms with Crippen molar-refractivity contribution in [1.82, 2.24) is 24.5 Å². The Kier molecular flexibility index (Phi) is 5.73. The van der Waals surface area contributed by atoms with Crippen molar-refractivity contribution in [2.75, 3.05) is 6.61 Å². The summed E-state index contributed by atoms with van der Waals surface area (Å²) >= 11 is 0. The molecule has 2 aromatic heterocycles.